The first-order valence-corrected chi connectivity index (χ1v) is 7.63. The summed E-state index contributed by atoms with van der Waals surface area (Å²) in [4.78, 5) is 0. The van der Waals surface area contributed by atoms with Crippen LogP contribution in [-0.2, 0) is 9.47 Å². The van der Waals surface area contributed by atoms with Crippen molar-refractivity contribution in [2.24, 2.45) is 5.92 Å². The molecule has 2 aliphatic rings. The van der Waals surface area contributed by atoms with Gasteiger partial charge in [0.05, 0.1) is 19.3 Å². The van der Waals surface area contributed by atoms with Gasteiger partial charge in [-0.25, -0.2) is 0 Å². The molecule has 106 valence electrons. The lowest BCUT2D eigenvalue weighted by atomic mass is 9.83. The van der Waals surface area contributed by atoms with E-state index in [0.717, 1.165) is 19.1 Å². The van der Waals surface area contributed by atoms with Crippen molar-refractivity contribution in [1.29, 1.82) is 0 Å². The highest BCUT2D eigenvalue weighted by Gasteiger charge is 2.30. The van der Waals surface area contributed by atoms with Gasteiger partial charge in [0.25, 0.3) is 0 Å². The van der Waals surface area contributed by atoms with E-state index < -0.39 is 5.79 Å². The highest BCUT2D eigenvalue weighted by Crippen LogP contribution is 2.28. The third kappa shape index (κ3) is 4.22. The van der Waals surface area contributed by atoms with E-state index in [2.05, 4.69) is 12.2 Å². The maximum absolute atomic E-state index is 5.69. The van der Waals surface area contributed by atoms with E-state index in [1.54, 1.807) is 0 Å². The van der Waals surface area contributed by atoms with Crippen molar-refractivity contribution in [1.82, 2.24) is 5.32 Å². The summed E-state index contributed by atoms with van der Waals surface area (Å²) in [7, 11) is 0. The number of nitrogens with one attached hydrogen (secondary N) is 1. The van der Waals surface area contributed by atoms with Crippen LogP contribution in [0.1, 0.15) is 59.3 Å². The minimum Gasteiger partial charge on any atom is -0.349 e. The summed E-state index contributed by atoms with van der Waals surface area (Å²) < 4.78 is 11.4. The Labute approximate surface area is 112 Å². The Morgan fingerprint density at radius 2 is 1.61 bits per heavy atom. The Bertz CT molecular complexity index is 237. The molecule has 1 saturated carbocycles. The molecule has 0 bridgehead atoms. The van der Waals surface area contributed by atoms with Crippen LogP contribution in [0.4, 0.5) is 0 Å². The third-order valence-electron chi connectivity index (χ3n) is 4.28. The Kier molecular flexibility index (Phi) is 5.05. The van der Waals surface area contributed by atoms with Crippen LogP contribution in [0.25, 0.3) is 0 Å². The molecule has 18 heavy (non-hydrogen) atoms. The molecule has 0 amide bonds. The summed E-state index contributed by atoms with van der Waals surface area (Å²) in [5.74, 6) is 0.586. The molecule has 0 aromatic rings. The van der Waals surface area contributed by atoms with Gasteiger partial charge in [-0.2, -0.15) is 0 Å². The second-order valence-corrected chi connectivity index (χ2v) is 6.39. The van der Waals surface area contributed by atoms with Crippen molar-refractivity contribution >= 4 is 0 Å². The first-order valence-electron chi connectivity index (χ1n) is 7.63. The lowest BCUT2D eigenvalue weighted by Gasteiger charge is -2.38. The molecule has 1 heterocycles. The highest BCUT2D eigenvalue weighted by atomic mass is 16.7. The first-order chi connectivity index (χ1) is 8.59. The normalized spacial score (nSPS) is 33.5. The zero-order chi connectivity index (χ0) is 13.0. The zero-order valence-corrected chi connectivity index (χ0v) is 12.2. The van der Waals surface area contributed by atoms with Crippen molar-refractivity contribution in [3.63, 3.8) is 0 Å². The molecule has 2 rings (SSSR count). The molecular weight excluding hydrogens is 226 g/mol. The molecule has 0 aromatic carbocycles. The summed E-state index contributed by atoms with van der Waals surface area (Å²) in [6.45, 7) is 7.82. The number of ether oxygens (including phenoxy) is 2. The number of rotatable bonds is 4. The van der Waals surface area contributed by atoms with E-state index in [1.165, 1.54) is 38.5 Å². The summed E-state index contributed by atoms with van der Waals surface area (Å²) in [6, 6.07) is 1.06. The van der Waals surface area contributed by atoms with Gasteiger partial charge in [0.15, 0.2) is 5.79 Å². The van der Waals surface area contributed by atoms with E-state index in [1.807, 2.05) is 13.8 Å². The molecule has 3 nitrogen and oxygen atoms in total. The third-order valence-corrected chi connectivity index (χ3v) is 4.28. The van der Waals surface area contributed by atoms with E-state index in [-0.39, 0.29) is 0 Å². The smallest absolute Gasteiger partial charge is 0.162 e. The largest absolute Gasteiger partial charge is 0.349 e. The Balaban J connectivity index is 1.66. The van der Waals surface area contributed by atoms with Crippen LogP contribution >= 0.6 is 0 Å². The predicted molar refractivity (Wildman–Crippen MR) is 73.6 cm³/mol. The van der Waals surface area contributed by atoms with Gasteiger partial charge in [-0.15, -0.1) is 0 Å². The van der Waals surface area contributed by atoms with Crippen molar-refractivity contribution in [2.75, 3.05) is 13.2 Å². The molecule has 1 aliphatic heterocycles. The maximum Gasteiger partial charge on any atom is 0.162 e. The summed E-state index contributed by atoms with van der Waals surface area (Å²) in [5.41, 5.74) is 0. The average molecular weight is 255 g/mol. The van der Waals surface area contributed by atoms with Crippen molar-refractivity contribution in [3.8, 4) is 0 Å². The van der Waals surface area contributed by atoms with Gasteiger partial charge in [0.2, 0.25) is 0 Å². The van der Waals surface area contributed by atoms with Crippen molar-refractivity contribution in [3.05, 3.63) is 0 Å². The highest BCUT2D eigenvalue weighted by molar-refractivity contribution is 4.82. The molecule has 1 saturated heterocycles. The van der Waals surface area contributed by atoms with Crippen LogP contribution in [0, 0.1) is 5.92 Å². The van der Waals surface area contributed by atoms with Gasteiger partial charge in [-0.1, -0.05) is 19.8 Å². The monoisotopic (exact) mass is 255 g/mol. The average Bonchev–Trinajstić information content (AvgIpc) is 2.35. The standard InChI is InChI=1S/C15H29NO2/c1-4-5-12-6-8-13(9-7-12)16-14-10-17-15(2,3)18-11-14/h12-14,16H,4-11H2,1-3H3. The molecule has 0 unspecified atom stereocenters. The van der Waals surface area contributed by atoms with E-state index >= 15 is 0 Å². The Hall–Kier alpha value is -0.120. The van der Waals surface area contributed by atoms with E-state index in [0.29, 0.717) is 12.1 Å². The van der Waals surface area contributed by atoms with E-state index in [4.69, 9.17) is 9.47 Å². The Morgan fingerprint density at radius 3 is 2.17 bits per heavy atom. The van der Waals surface area contributed by atoms with Crippen LogP contribution in [0.15, 0.2) is 0 Å². The minimum atomic E-state index is -0.392. The van der Waals surface area contributed by atoms with Gasteiger partial charge in [-0.05, 0) is 45.4 Å². The van der Waals surface area contributed by atoms with Crippen LogP contribution in [0.2, 0.25) is 0 Å². The second kappa shape index (κ2) is 6.36. The zero-order valence-electron chi connectivity index (χ0n) is 12.2. The fraction of sp³-hybridized carbons (Fsp3) is 1.00. The second-order valence-electron chi connectivity index (χ2n) is 6.39. The first kappa shape index (κ1) is 14.3. The summed E-state index contributed by atoms with van der Waals surface area (Å²) in [6.07, 6.45) is 8.19. The molecule has 1 N–H and O–H groups in total. The molecule has 1 aliphatic carbocycles. The lowest BCUT2D eigenvalue weighted by molar-refractivity contribution is -0.253. The van der Waals surface area contributed by atoms with Crippen molar-refractivity contribution in [2.45, 2.75) is 77.2 Å². The number of hydrogen-bond donors (Lipinski definition) is 1. The molecule has 0 spiro atoms. The predicted octanol–water partition coefficient (Wildman–Crippen LogP) is 3.09. The van der Waals surface area contributed by atoms with Crippen LogP contribution in [-0.4, -0.2) is 31.1 Å². The molecule has 0 radical (unpaired) electrons. The summed E-state index contributed by atoms with van der Waals surface area (Å²) >= 11 is 0. The van der Waals surface area contributed by atoms with Crippen LogP contribution < -0.4 is 5.32 Å². The van der Waals surface area contributed by atoms with Crippen LogP contribution in [0.3, 0.4) is 0 Å². The SMILES string of the molecule is CCCC1CCC(NC2COC(C)(C)OC2)CC1. The maximum atomic E-state index is 5.69. The quantitative estimate of drug-likeness (QED) is 0.837. The molecule has 0 atom stereocenters. The number of hydrogen-bond acceptors (Lipinski definition) is 3. The fourth-order valence-corrected chi connectivity index (χ4v) is 3.15. The summed E-state index contributed by atoms with van der Waals surface area (Å²) in [5, 5.41) is 3.71. The van der Waals surface area contributed by atoms with Gasteiger partial charge in [-0.3, -0.25) is 0 Å². The molecule has 2 fully saturated rings. The molecule has 0 aromatic heterocycles. The van der Waals surface area contributed by atoms with Gasteiger partial charge in [0.1, 0.15) is 0 Å². The van der Waals surface area contributed by atoms with Crippen LogP contribution in [0.5, 0.6) is 0 Å². The molecule has 3 heteroatoms. The fourth-order valence-electron chi connectivity index (χ4n) is 3.15. The molecular formula is C15H29NO2. The van der Waals surface area contributed by atoms with Gasteiger partial charge in [0, 0.05) is 6.04 Å². The van der Waals surface area contributed by atoms with Gasteiger partial charge >= 0.3 is 0 Å². The Morgan fingerprint density at radius 1 is 1.00 bits per heavy atom. The topological polar surface area (TPSA) is 30.5 Å². The minimum absolute atomic E-state index is 0.380. The van der Waals surface area contributed by atoms with E-state index in [9.17, 15) is 0 Å². The van der Waals surface area contributed by atoms with Crippen molar-refractivity contribution < 1.29 is 9.47 Å². The lowest BCUT2D eigenvalue weighted by Crippen LogP contribution is -2.52. The van der Waals surface area contributed by atoms with Gasteiger partial charge < -0.3 is 14.8 Å².